The van der Waals surface area contributed by atoms with Gasteiger partial charge in [-0.25, -0.2) is 13.1 Å². The van der Waals surface area contributed by atoms with Gasteiger partial charge in [0.05, 0.1) is 11.3 Å². The predicted molar refractivity (Wildman–Crippen MR) is 95.9 cm³/mol. The molecule has 0 spiro atoms. The summed E-state index contributed by atoms with van der Waals surface area (Å²) in [7, 11) is -2.00. The first-order valence-electron chi connectivity index (χ1n) is 8.41. The second-order valence-electron chi connectivity index (χ2n) is 6.18. The molecule has 0 aliphatic carbocycles. The number of hydrogen-bond acceptors (Lipinski definition) is 4. The third-order valence-electron chi connectivity index (χ3n) is 4.34. The van der Waals surface area contributed by atoms with E-state index in [9.17, 15) is 18.0 Å². The minimum absolute atomic E-state index is 0.0504. The molecule has 0 atom stereocenters. The van der Waals surface area contributed by atoms with Crippen LogP contribution in [0.5, 0.6) is 0 Å². The van der Waals surface area contributed by atoms with Crippen molar-refractivity contribution in [1.82, 2.24) is 9.62 Å². The maximum atomic E-state index is 12.4. The molecular weight excluding hydrogens is 342 g/mol. The molecule has 138 valence electrons. The standard InChI is InChI=1S/C17H25N3O4S/c1-4-5-9-20(13(2)21)10-8-18-25(23,24)15-6-7-16-14(11-15)12-17(22)19(16)3/h6-7,11,18H,4-5,8-10,12H2,1-3H3. The number of rotatable bonds is 8. The number of sulfonamides is 1. The van der Waals surface area contributed by atoms with E-state index in [-0.39, 0.29) is 29.7 Å². The lowest BCUT2D eigenvalue weighted by Crippen LogP contribution is -2.38. The molecule has 1 aliphatic rings. The fraction of sp³-hybridized carbons (Fsp3) is 0.529. The van der Waals surface area contributed by atoms with Gasteiger partial charge in [0.1, 0.15) is 0 Å². The molecule has 0 saturated heterocycles. The van der Waals surface area contributed by atoms with Crippen molar-refractivity contribution in [2.45, 2.75) is 38.0 Å². The Hall–Kier alpha value is -1.93. The van der Waals surface area contributed by atoms with Gasteiger partial charge >= 0.3 is 0 Å². The van der Waals surface area contributed by atoms with Crippen molar-refractivity contribution in [1.29, 1.82) is 0 Å². The van der Waals surface area contributed by atoms with Gasteiger partial charge < -0.3 is 9.80 Å². The topological polar surface area (TPSA) is 86.8 Å². The van der Waals surface area contributed by atoms with E-state index < -0.39 is 10.0 Å². The molecule has 0 bridgehead atoms. The monoisotopic (exact) mass is 367 g/mol. The van der Waals surface area contributed by atoms with Crippen molar-refractivity contribution < 1.29 is 18.0 Å². The highest BCUT2D eigenvalue weighted by atomic mass is 32.2. The molecule has 1 aromatic carbocycles. The number of unbranched alkanes of at least 4 members (excludes halogenated alkanes) is 1. The second-order valence-corrected chi connectivity index (χ2v) is 7.94. The fourth-order valence-corrected chi connectivity index (χ4v) is 3.86. The average molecular weight is 367 g/mol. The van der Waals surface area contributed by atoms with Crippen LogP contribution in [0.15, 0.2) is 23.1 Å². The number of carbonyl (C=O) groups excluding carboxylic acids is 2. The van der Waals surface area contributed by atoms with Crippen molar-refractivity contribution in [3.63, 3.8) is 0 Å². The van der Waals surface area contributed by atoms with E-state index in [1.165, 1.54) is 17.9 Å². The molecule has 0 radical (unpaired) electrons. The summed E-state index contributed by atoms with van der Waals surface area (Å²) in [6.45, 7) is 4.64. The van der Waals surface area contributed by atoms with Crippen LogP contribution in [-0.2, 0) is 26.0 Å². The minimum atomic E-state index is -3.68. The SMILES string of the molecule is CCCCN(CCNS(=O)(=O)c1ccc2c(c1)CC(=O)N2C)C(C)=O. The number of carbonyl (C=O) groups is 2. The molecule has 25 heavy (non-hydrogen) atoms. The minimum Gasteiger partial charge on any atom is -0.342 e. The molecule has 0 fully saturated rings. The summed E-state index contributed by atoms with van der Waals surface area (Å²) in [4.78, 5) is 26.6. The third-order valence-corrected chi connectivity index (χ3v) is 5.80. The molecule has 1 aliphatic heterocycles. The molecule has 2 rings (SSSR count). The van der Waals surface area contributed by atoms with Crippen LogP contribution in [0.3, 0.4) is 0 Å². The molecule has 0 saturated carbocycles. The van der Waals surface area contributed by atoms with Crippen molar-refractivity contribution in [3.05, 3.63) is 23.8 Å². The van der Waals surface area contributed by atoms with E-state index in [2.05, 4.69) is 4.72 Å². The van der Waals surface area contributed by atoms with E-state index in [1.807, 2.05) is 6.92 Å². The largest absolute Gasteiger partial charge is 0.342 e. The Bertz CT molecular complexity index is 761. The normalized spacial score (nSPS) is 13.9. The second kappa shape index (κ2) is 7.97. The van der Waals surface area contributed by atoms with Crippen LogP contribution in [0.2, 0.25) is 0 Å². The summed E-state index contributed by atoms with van der Waals surface area (Å²) in [5, 5.41) is 0. The molecular formula is C17H25N3O4S. The van der Waals surface area contributed by atoms with Gasteiger partial charge in [-0.1, -0.05) is 13.3 Å². The van der Waals surface area contributed by atoms with Crippen molar-refractivity contribution >= 4 is 27.5 Å². The lowest BCUT2D eigenvalue weighted by molar-refractivity contribution is -0.128. The maximum Gasteiger partial charge on any atom is 0.240 e. The first-order chi connectivity index (χ1) is 11.8. The van der Waals surface area contributed by atoms with E-state index in [0.717, 1.165) is 18.5 Å². The van der Waals surface area contributed by atoms with Crippen LogP contribution in [0.4, 0.5) is 5.69 Å². The summed E-state index contributed by atoms with van der Waals surface area (Å²) in [6, 6.07) is 4.69. The Labute approximate surface area is 149 Å². The maximum absolute atomic E-state index is 12.4. The smallest absolute Gasteiger partial charge is 0.240 e. The van der Waals surface area contributed by atoms with Crippen LogP contribution < -0.4 is 9.62 Å². The van der Waals surface area contributed by atoms with E-state index in [0.29, 0.717) is 18.7 Å². The number of nitrogens with one attached hydrogen (secondary N) is 1. The van der Waals surface area contributed by atoms with Gasteiger partial charge in [0, 0.05) is 39.3 Å². The zero-order valence-electron chi connectivity index (χ0n) is 14.9. The molecule has 8 heteroatoms. The van der Waals surface area contributed by atoms with Crippen LogP contribution >= 0.6 is 0 Å². The number of nitrogens with zero attached hydrogens (tertiary/aromatic N) is 2. The van der Waals surface area contributed by atoms with Gasteiger partial charge in [0.15, 0.2) is 0 Å². The number of amides is 2. The number of anilines is 1. The summed E-state index contributed by atoms with van der Waals surface area (Å²) >= 11 is 0. The average Bonchev–Trinajstić information content (AvgIpc) is 2.84. The Kier molecular flexibility index (Phi) is 6.18. The summed E-state index contributed by atoms with van der Waals surface area (Å²) in [5.74, 6) is -0.114. The number of benzene rings is 1. The first kappa shape index (κ1) is 19.4. The molecule has 1 aromatic rings. The van der Waals surface area contributed by atoms with Crippen LogP contribution in [0, 0.1) is 0 Å². The lowest BCUT2D eigenvalue weighted by atomic mass is 10.2. The zero-order valence-corrected chi connectivity index (χ0v) is 15.7. The number of hydrogen-bond donors (Lipinski definition) is 1. The molecule has 2 amide bonds. The molecule has 0 aromatic heterocycles. The van der Waals surface area contributed by atoms with Gasteiger partial charge in [0.25, 0.3) is 0 Å². The highest BCUT2D eigenvalue weighted by Gasteiger charge is 2.26. The Morgan fingerprint density at radius 2 is 2.04 bits per heavy atom. The van der Waals surface area contributed by atoms with Crippen molar-refractivity contribution in [2.75, 3.05) is 31.6 Å². The first-order valence-corrected chi connectivity index (χ1v) is 9.89. The summed E-state index contributed by atoms with van der Waals surface area (Å²) in [5.41, 5.74) is 1.45. The number of fused-ring (bicyclic) bond motifs is 1. The molecule has 7 nitrogen and oxygen atoms in total. The Morgan fingerprint density at radius 1 is 1.32 bits per heavy atom. The van der Waals surface area contributed by atoms with E-state index >= 15 is 0 Å². The lowest BCUT2D eigenvalue weighted by Gasteiger charge is -2.21. The Balaban J connectivity index is 2.01. The number of likely N-dealkylation sites (N-methyl/N-ethyl adjacent to an activating group) is 1. The predicted octanol–water partition coefficient (Wildman–Crippen LogP) is 1.13. The molecule has 0 unspecified atom stereocenters. The molecule has 1 N–H and O–H groups in total. The fourth-order valence-electron chi connectivity index (χ4n) is 2.79. The van der Waals surface area contributed by atoms with E-state index in [1.54, 1.807) is 24.1 Å². The van der Waals surface area contributed by atoms with Gasteiger partial charge in [-0.2, -0.15) is 0 Å². The summed E-state index contributed by atoms with van der Waals surface area (Å²) < 4.78 is 27.4. The van der Waals surface area contributed by atoms with Crippen LogP contribution in [-0.4, -0.2) is 51.8 Å². The highest BCUT2D eigenvalue weighted by molar-refractivity contribution is 7.89. The highest BCUT2D eigenvalue weighted by Crippen LogP contribution is 2.29. The Morgan fingerprint density at radius 3 is 2.68 bits per heavy atom. The van der Waals surface area contributed by atoms with Crippen LogP contribution in [0.1, 0.15) is 32.3 Å². The van der Waals surface area contributed by atoms with Crippen molar-refractivity contribution in [2.24, 2.45) is 0 Å². The summed E-state index contributed by atoms with van der Waals surface area (Å²) in [6.07, 6.45) is 2.07. The van der Waals surface area contributed by atoms with Crippen LogP contribution in [0.25, 0.3) is 0 Å². The van der Waals surface area contributed by atoms with Gasteiger partial charge in [-0.05, 0) is 30.2 Å². The zero-order chi connectivity index (χ0) is 18.6. The van der Waals surface area contributed by atoms with Gasteiger partial charge in [-0.3, -0.25) is 9.59 Å². The van der Waals surface area contributed by atoms with E-state index in [4.69, 9.17) is 0 Å². The third kappa shape index (κ3) is 4.58. The van der Waals surface area contributed by atoms with Gasteiger partial charge in [0.2, 0.25) is 21.8 Å². The quantitative estimate of drug-likeness (QED) is 0.746. The molecule has 1 heterocycles. The van der Waals surface area contributed by atoms with Gasteiger partial charge in [-0.15, -0.1) is 0 Å². The van der Waals surface area contributed by atoms with Crippen molar-refractivity contribution in [3.8, 4) is 0 Å².